The van der Waals surface area contributed by atoms with E-state index in [4.69, 9.17) is 15.3 Å². The van der Waals surface area contributed by atoms with Crippen molar-refractivity contribution >= 4 is 29.5 Å². The first-order valence-corrected chi connectivity index (χ1v) is 5.52. The zero-order chi connectivity index (χ0) is 16.4. The van der Waals surface area contributed by atoms with Gasteiger partial charge in [0.1, 0.15) is 6.42 Å². The van der Waals surface area contributed by atoms with Crippen molar-refractivity contribution in [2.75, 3.05) is 0 Å². The number of carboxylic acid groups (broad SMARTS) is 3. The van der Waals surface area contributed by atoms with Crippen LogP contribution in [0.25, 0.3) is 0 Å². The maximum Gasteiger partial charge on any atom is 0.372 e. The molecule has 0 saturated heterocycles. The third kappa shape index (κ3) is 8.65. The van der Waals surface area contributed by atoms with Crippen molar-refractivity contribution in [1.29, 1.82) is 0 Å². The number of carbonyl (C=O) groups excluding carboxylic acids is 2. The summed E-state index contributed by atoms with van der Waals surface area (Å²) in [6.07, 6.45) is -0.981. The number of benzene rings is 1. The number of Topliss-reactive ketones (excluding diaryl/α,β-unsaturated/α-hetero) is 2. The molecule has 112 valence electrons. The molecule has 0 fully saturated rings. The quantitative estimate of drug-likeness (QED) is 0.491. The van der Waals surface area contributed by atoms with Gasteiger partial charge in [-0.3, -0.25) is 14.4 Å². The SMILES string of the molecule is O=C(O)C(=O)Cc1ccccc1.O=C(O)CC(=O)C(=O)O. The lowest BCUT2D eigenvalue weighted by Crippen LogP contribution is -2.16. The molecule has 1 aromatic carbocycles. The second kappa shape index (κ2) is 8.97. The average molecular weight is 296 g/mol. The van der Waals surface area contributed by atoms with Crippen LogP contribution in [-0.2, 0) is 30.4 Å². The molecule has 8 nitrogen and oxygen atoms in total. The van der Waals surface area contributed by atoms with Crippen LogP contribution in [0.3, 0.4) is 0 Å². The molecule has 0 radical (unpaired) electrons. The van der Waals surface area contributed by atoms with Gasteiger partial charge >= 0.3 is 17.9 Å². The van der Waals surface area contributed by atoms with Crippen molar-refractivity contribution in [1.82, 2.24) is 0 Å². The van der Waals surface area contributed by atoms with Gasteiger partial charge in [-0.25, -0.2) is 9.59 Å². The summed E-state index contributed by atoms with van der Waals surface area (Å²) in [5, 5.41) is 24.0. The normalized spacial score (nSPS) is 8.95. The van der Waals surface area contributed by atoms with Crippen molar-refractivity contribution in [2.24, 2.45) is 0 Å². The van der Waals surface area contributed by atoms with Crippen LogP contribution in [0.15, 0.2) is 30.3 Å². The summed E-state index contributed by atoms with van der Waals surface area (Å²) in [6, 6.07) is 8.80. The fraction of sp³-hybridized carbons (Fsp3) is 0.154. The topological polar surface area (TPSA) is 146 Å². The van der Waals surface area contributed by atoms with E-state index in [9.17, 15) is 24.0 Å². The maximum atomic E-state index is 10.7. The minimum Gasteiger partial charge on any atom is -0.481 e. The third-order valence-electron chi connectivity index (χ3n) is 2.00. The number of carbonyl (C=O) groups is 5. The molecule has 0 aromatic heterocycles. The van der Waals surface area contributed by atoms with Gasteiger partial charge in [-0.2, -0.15) is 0 Å². The molecule has 0 heterocycles. The molecule has 0 atom stereocenters. The minimum absolute atomic E-state index is 0.0316. The summed E-state index contributed by atoms with van der Waals surface area (Å²) in [5.74, 6) is -6.60. The molecule has 0 aliphatic carbocycles. The van der Waals surface area contributed by atoms with Crippen molar-refractivity contribution < 1.29 is 39.3 Å². The Kier molecular flexibility index (Phi) is 7.67. The lowest BCUT2D eigenvalue weighted by atomic mass is 10.1. The van der Waals surface area contributed by atoms with Gasteiger partial charge in [-0.05, 0) is 5.56 Å². The van der Waals surface area contributed by atoms with Gasteiger partial charge in [0.05, 0.1) is 0 Å². The molecule has 1 rings (SSSR count). The Morgan fingerprint density at radius 2 is 1.24 bits per heavy atom. The summed E-state index contributed by atoms with van der Waals surface area (Å²) in [5.41, 5.74) is 0.727. The van der Waals surface area contributed by atoms with E-state index in [-0.39, 0.29) is 6.42 Å². The standard InChI is InChI=1S/C9H8O3.C4H4O5/c10-8(9(11)12)6-7-4-2-1-3-5-7;5-2(4(8)9)1-3(6)7/h1-5H,6H2,(H,11,12);1H2,(H,6,7)(H,8,9). The number of carboxylic acids is 3. The first-order valence-electron chi connectivity index (χ1n) is 5.52. The van der Waals surface area contributed by atoms with Crippen molar-refractivity contribution in [3.05, 3.63) is 35.9 Å². The monoisotopic (exact) mass is 296 g/mol. The first-order chi connectivity index (χ1) is 9.73. The Morgan fingerprint density at radius 3 is 1.57 bits per heavy atom. The number of hydrogen-bond acceptors (Lipinski definition) is 5. The lowest BCUT2D eigenvalue weighted by molar-refractivity contribution is -0.152. The van der Waals surface area contributed by atoms with Crippen LogP contribution in [-0.4, -0.2) is 44.8 Å². The largest absolute Gasteiger partial charge is 0.481 e. The maximum absolute atomic E-state index is 10.7. The highest BCUT2D eigenvalue weighted by molar-refractivity contribution is 6.35. The van der Waals surface area contributed by atoms with Gasteiger partial charge in [-0.15, -0.1) is 0 Å². The van der Waals surface area contributed by atoms with E-state index < -0.39 is 35.9 Å². The predicted molar refractivity (Wildman–Crippen MR) is 67.7 cm³/mol. The average Bonchev–Trinajstić information content (AvgIpc) is 2.39. The van der Waals surface area contributed by atoms with Crippen LogP contribution in [0, 0.1) is 0 Å². The summed E-state index contributed by atoms with van der Waals surface area (Å²) in [7, 11) is 0. The molecule has 0 amide bonds. The second-order valence-electron chi connectivity index (χ2n) is 3.69. The highest BCUT2D eigenvalue weighted by Crippen LogP contribution is 1.99. The Bertz CT molecular complexity index is 547. The van der Waals surface area contributed by atoms with Crippen LogP contribution in [0.1, 0.15) is 12.0 Å². The van der Waals surface area contributed by atoms with E-state index in [0.717, 1.165) is 5.56 Å². The smallest absolute Gasteiger partial charge is 0.372 e. The van der Waals surface area contributed by atoms with Crippen molar-refractivity contribution in [3.63, 3.8) is 0 Å². The first kappa shape index (κ1) is 18.0. The van der Waals surface area contributed by atoms with Gasteiger partial charge in [0.25, 0.3) is 5.78 Å². The molecule has 1 aromatic rings. The summed E-state index contributed by atoms with van der Waals surface area (Å²) in [4.78, 5) is 50.1. The van der Waals surface area contributed by atoms with Crippen LogP contribution in [0.5, 0.6) is 0 Å². The van der Waals surface area contributed by atoms with Crippen LogP contribution in [0.4, 0.5) is 0 Å². The van der Waals surface area contributed by atoms with Crippen LogP contribution < -0.4 is 0 Å². The highest BCUT2D eigenvalue weighted by Gasteiger charge is 2.14. The van der Waals surface area contributed by atoms with Crippen LogP contribution >= 0.6 is 0 Å². The molecule has 0 spiro atoms. The fourth-order valence-electron chi connectivity index (χ4n) is 1.07. The number of ketones is 2. The molecule has 0 saturated carbocycles. The van der Waals surface area contributed by atoms with Crippen LogP contribution in [0.2, 0.25) is 0 Å². The Morgan fingerprint density at radius 1 is 0.762 bits per heavy atom. The lowest BCUT2D eigenvalue weighted by Gasteiger charge is -1.94. The molecule has 21 heavy (non-hydrogen) atoms. The Balaban J connectivity index is 0.000000400. The minimum atomic E-state index is -1.71. The van der Waals surface area contributed by atoms with E-state index in [0.29, 0.717) is 0 Å². The molecule has 0 unspecified atom stereocenters. The zero-order valence-corrected chi connectivity index (χ0v) is 10.7. The van der Waals surface area contributed by atoms with Gasteiger partial charge in [-0.1, -0.05) is 30.3 Å². The summed E-state index contributed by atoms with van der Waals surface area (Å²) < 4.78 is 0. The van der Waals surface area contributed by atoms with E-state index in [1.165, 1.54) is 0 Å². The van der Waals surface area contributed by atoms with Gasteiger partial charge < -0.3 is 15.3 Å². The summed E-state index contributed by atoms with van der Waals surface area (Å²) >= 11 is 0. The molecular formula is C13H12O8. The van der Waals surface area contributed by atoms with E-state index in [2.05, 4.69) is 0 Å². The molecule has 0 aliphatic rings. The second-order valence-corrected chi connectivity index (χ2v) is 3.69. The molecule has 0 aliphatic heterocycles. The molecule has 3 N–H and O–H groups in total. The number of hydrogen-bond donors (Lipinski definition) is 3. The van der Waals surface area contributed by atoms with E-state index >= 15 is 0 Å². The van der Waals surface area contributed by atoms with E-state index in [1.807, 2.05) is 6.07 Å². The van der Waals surface area contributed by atoms with Gasteiger partial charge in [0.15, 0.2) is 0 Å². The number of aliphatic carboxylic acids is 3. The summed E-state index contributed by atoms with van der Waals surface area (Å²) in [6.45, 7) is 0. The number of rotatable bonds is 6. The molecule has 0 bridgehead atoms. The van der Waals surface area contributed by atoms with Crippen molar-refractivity contribution in [3.8, 4) is 0 Å². The van der Waals surface area contributed by atoms with Crippen molar-refractivity contribution in [2.45, 2.75) is 12.8 Å². The predicted octanol–water partition coefficient (Wildman–Crippen LogP) is -0.00240. The Hall–Kier alpha value is -3.03. The molecule has 8 heteroatoms. The zero-order valence-electron chi connectivity index (χ0n) is 10.7. The fourth-order valence-corrected chi connectivity index (χ4v) is 1.07. The Labute approximate surface area is 118 Å². The highest BCUT2D eigenvalue weighted by atomic mass is 16.4. The molecular weight excluding hydrogens is 284 g/mol. The van der Waals surface area contributed by atoms with Gasteiger partial charge in [0.2, 0.25) is 5.78 Å². The van der Waals surface area contributed by atoms with E-state index in [1.54, 1.807) is 24.3 Å². The third-order valence-corrected chi connectivity index (χ3v) is 2.00. The van der Waals surface area contributed by atoms with Gasteiger partial charge in [0, 0.05) is 6.42 Å².